The van der Waals surface area contributed by atoms with Crippen molar-refractivity contribution in [2.75, 3.05) is 29.9 Å². The van der Waals surface area contributed by atoms with Crippen LogP contribution in [0, 0.1) is 0 Å². The van der Waals surface area contributed by atoms with E-state index in [2.05, 4.69) is 15.0 Å². The summed E-state index contributed by atoms with van der Waals surface area (Å²) >= 11 is 0. The predicted molar refractivity (Wildman–Crippen MR) is 64.6 cm³/mol. The van der Waals surface area contributed by atoms with Gasteiger partial charge in [0.05, 0.1) is 23.3 Å². The number of anilines is 2. The molecule has 4 N–H and O–H groups in total. The molecule has 0 aromatic carbocycles. The van der Waals surface area contributed by atoms with Crippen molar-refractivity contribution < 1.29 is 8.42 Å². The van der Waals surface area contributed by atoms with Crippen molar-refractivity contribution in [3.63, 3.8) is 0 Å². The fraction of sp³-hybridized carbons (Fsp3) is 0.444. The van der Waals surface area contributed by atoms with Crippen LogP contribution in [-0.2, 0) is 10.0 Å². The van der Waals surface area contributed by atoms with E-state index < -0.39 is 10.0 Å². The average molecular weight is 244 g/mol. The van der Waals surface area contributed by atoms with E-state index in [-0.39, 0.29) is 5.75 Å². The van der Waals surface area contributed by atoms with Crippen molar-refractivity contribution in [1.82, 2.24) is 9.71 Å². The number of nitrogen functional groups attached to an aromatic ring is 1. The van der Waals surface area contributed by atoms with E-state index in [0.717, 1.165) is 0 Å². The highest BCUT2D eigenvalue weighted by atomic mass is 32.2. The lowest BCUT2D eigenvalue weighted by Crippen LogP contribution is -2.29. The summed E-state index contributed by atoms with van der Waals surface area (Å²) in [4.78, 5) is 3.88. The van der Waals surface area contributed by atoms with Gasteiger partial charge in [-0.2, -0.15) is 0 Å². The van der Waals surface area contributed by atoms with Crippen molar-refractivity contribution >= 4 is 21.4 Å². The monoisotopic (exact) mass is 244 g/mol. The fourth-order valence-corrected chi connectivity index (χ4v) is 2.13. The normalized spacial score (nSPS) is 11.3. The van der Waals surface area contributed by atoms with Crippen LogP contribution in [0.4, 0.5) is 11.4 Å². The molecule has 0 amide bonds. The van der Waals surface area contributed by atoms with Crippen LogP contribution in [0.15, 0.2) is 18.5 Å². The van der Waals surface area contributed by atoms with Gasteiger partial charge in [-0.25, -0.2) is 13.1 Å². The Hall–Kier alpha value is -1.34. The number of sulfonamides is 1. The number of nitrogens with two attached hydrogens (primary N) is 1. The van der Waals surface area contributed by atoms with Crippen molar-refractivity contribution in [1.29, 1.82) is 0 Å². The molecule has 0 aliphatic rings. The average Bonchev–Trinajstić information content (AvgIpc) is 2.17. The van der Waals surface area contributed by atoms with E-state index in [1.807, 2.05) is 0 Å². The van der Waals surface area contributed by atoms with Crippen molar-refractivity contribution in [3.8, 4) is 0 Å². The second-order valence-electron chi connectivity index (χ2n) is 3.25. The molecule has 0 fully saturated rings. The third-order valence-corrected chi connectivity index (χ3v) is 3.29. The summed E-state index contributed by atoms with van der Waals surface area (Å²) in [7, 11) is -3.18. The van der Waals surface area contributed by atoms with Crippen LogP contribution in [0.2, 0.25) is 0 Å². The molecule has 1 aromatic heterocycles. The zero-order valence-corrected chi connectivity index (χ0v) is 9.92. The Morgan fingerprint density at radius 2 is 2.19 bits per heavy atom. The van der Waals surface area contributed by atoms with E-state index in [1.54, 1.807) is 19.2 Å². The van der Waals surface area contributed by atoms with E-state index in [9.17, 15) is 8.42 Å². The van der Waals surface area contributed by atoms with Gasteiger partial charge in [-0.1, -0.05) is 6.92 Å². The molecule has 0 saturated heterocycles. The van der Waals surface area contributed by atoms with Crippen LogP contribution < -0.4 is 15.8 Å². The first kappa shape index (κ1) is 12.7. The van der Waals surface area contributed by atoms with Gasteiger partial charge in [-0.15, -0.1) is 0 Å². The van der Waals surface area contributed by atoms with Crippen LogP contribution in [0.1, 0.15) is 6.92 Å². The SMILES string of the molecule is CCNS(=O)(=O)CCNc1cncc(N)c1. The molecule has 90 valence electrons. The Kier molecular flexibility index (Phi) is 4.51. The minimum absolute atomic E-state index is 0.0235. The van der Waals surface area contributed by atoms with Gasteiger partial charge in [0.25, 0.3) is 0 Å². The Bertz CT molecular complexity index is 433. The second kappa shape index (κ2) is 5.66. The molecule has 0 saturated carbocycles. The summed E-state index contributed by atoms with van der Waals surface area (Å²) in [5, 5.41) is 2.94. The minimum atomic E-state index is -3.18. The lowest BCUT2D eigenvalue weighted by atomic mass is 10.4. The number of nitrogens with zero attached hydrogens (tertiary/aromatic N) is 1. The predicted octanol–water partition coefficient (Wildman–Crippen LogP) is 0.0150. The van der Waals surface area contributed by atoms with Crippen LogP contribution in [0.5, 0.6) is 0 Å². The van der Waals surface area contributed by atoms with Gasteiger partial charge in [0.1, 0.15) is 0 Å². The topological polar surface area (TPSA) is 97.1 Å². The van der Waals surface area contributed by atoms with E-state index >= 15 is 0 Å². The summed E-state index contributed by atoms with van der Waals surface area (Å²) in [6.45, 7) is 2.47. The summed E-state index contributed by atoms with van der Waals surface area (Å²) in [5.41, 5.74) is 6.79. The van der Waals surface area contributed by atoms with Crippen LogP contribution in [-0.4, -0.2) is 32.2 Å². The van der Waals surface area contributed by atoms with Crippen LogP contribution >= 0.6 is 0 Å². The number of aromatic nitrogens is 1. The Morgan fingerprint density at radius 3 is 2.81 bits per heavy atom. The molecular formula is C9H16N4O2S. The third kappa shape index (κ3) is 4.45. The summed E-state index contributed by atoms with van der Waals surface area (Å²) in [6, 6.07) is 1.70. The molecule has 0 aliphatic heterocycles. The van der Waals surface area contributed by atoms with Crippen molar-refractivity contribution in [2.24, 2.45) is 0 Å². The summed E-state index contributed by atoms with van der Waals surface area (Å²) in [6.07, 6.45) is 3.12. The largest absolute Gasteiger partial charge is 0.397 e. The maximum Gasteiger partial charge on any atom is 0.213 e. The molecule has 1 rings (SSSR count). The highest BCUT2D eigenvalue weighted by molar-refractivity contribution is 7.89. The highest BCUT2D eigenvalue weighted by Crippen LogP contribution is 2.08. The van der Waals surface area contributed by atoms with Gasteiger partial charge in [0.2, 0.25) is 10.0 Å². The Labute approximate surface area is 95.3 Å². The van der Waals surface area contributed by atoms with Gasteiger partial charge < -0.3 is 11.1 Å². The number of rotatable bonds is 6. The maximum atomic E-state index is 11.3. The van der Waals surface area contributed by atoms with Crippen LogP contribution in [0.3, 0.4) is 0 Å². The maximum absolute atomic E-state index is 11.3. The first-order valence-corrected chi connectivity index (χ1v) is 6.60. The van der Waals surface area contributed by atoms with Gasteiger partial charge >= 0.3 is 0 Å². The molecule has 1 aromatic rings. The van der Waals surface area contributed by atoms with Gasteiger partial charge in [0.15, 0.2) is 0 Å². The molecule has 7 heteroatoms. The molecule has 0 aliphatic carbocycles. The molecule has 16 heavy (non-hydrogen) atoms. The smallest absolute Gasteiger partial charge is 0.213 e. The molecule has 0 unspecified atom stereocenters. The Balaban J connectivity index is 2.42. The number of nitrogens with one attached hydrogen (secondary N) is 2. The standard InChI is InChI=1S/C9H16N4O2S/c1-2-13-16(14,15)4-3-12-9-5-8(10)6-11-7-9/h5-7,12-13H,2-4,10H2,1H3. The molecule has 0 atom stereocenters. The number of hydrogen-bond acceptors (Lipinski definition) is 5. The van der Waals surface area contributed by atoms with Gasteiger partial charge in [-0.05, 0) is 6.07 Å². The zero-order valence-electron chi connectivity index (χ0n) is 9.10. The van der Waals surface area contributed by atoms with E-state index in [1.165, 1.54) is 6.20 Å². The molecule has 0 spiro atoms. The highest BCUT2D eigenvalue weighted by Gasteiger charge is 2.07. The molecule has 0 radical (unpaired) electrons. The van der Waals surface area contributed by atoms with Crippen LogP contribution in [0.25, 0.3) is 0 Å². The number of hydrogen-bond donors (Lipinski definition) is 3. The first-order valence-electron chi connectivity index (χ1n) is 4.95. The lowest BCUT2D eigenvalue weighted by molar-refractivity contribution is 0.584. The Morgan fingerprint density at radius 1 is 1.44 bits per heavy atom. The van der Waals surface area contributed by atoms with Crippen molar-refractivity contribution in [2.45, 2.75) is 6.92 Å². The second-order valence-corrected chi connectivity index (χ2v) is 5.18. The molecule has 0 bridgehead atoms. The quantitative estimate of drug-likeness (QED) is 0.655. The lowest BCUT2D eigenvalue weighted by Gasteiger charge is -2.07. The fourth-order valence-electron chi connectivity index (χ4n) is 1.18. The van der Waals surface area contributed by atoms with Crippen molar-refractivity contribution in [3.05, 3.63) is 18.5 Å². The van der Waals surface area contributed by atoms with Gasteiger partial charge in [-0.3, -0.25) is 4.98 Å². The molecular weight excluding hydrogens is 228 g/mol. The third-order valence-electron chi connectivity index (χ3n) is 1.82. The summed E-state index contributed by atoms with van der Waals surface area (Å²) in [5.74, 6) is 0.0235. The van der Waals surface area contributed by atoms with Gasteiger partial charge in [0, 0.05) is 19.3 Å². The summed E-state index contributed by atoms with van der Waals surface area (Å²) < 4.78 is 25.0. The number of pyridine rings is 1. The van der Waals surface area contributed by atoms with E-state index in [4.69, 9.17) is 5.73 Å². The minimum Gasteiger partial charge on any atom is -0.397 e. The zero-order chi connectivity index (χ0) is 12.0. The van der Waals surface area contributed by atoms with E-state index in [0.29, 0.717) is 24.5 Å². The molecule has 6 nitrogen and oxygen atoms in total. The molecule has 1 heterocycles. The first-order chi connectivity index (χ1) is 7.53.